The van der Waals surface area contributed by atoms with E-state index in [1.165, 1.54) is 11.8 Å². The highest BCUT2D eigenvalue weighted by molar-refractivity contribution is 5.97. The summed E-state index contributed by atoms with van der Waals surface area (Å²) in [5, 5.41) is 11.7. The number of aliphatic carboxylic acids is 1. The maximum atomic E-state index is 12.6. The summed E-state index contributed by atoms with van der Waals surface area (Å²) >= 11 is 0. The van der Waals surface area contributed by atoms with Crippen LogP contribution >= 0.6 is 0 Å². The molecule has 2 unspecified atom stereocenters. The summed E-state index contributed by atoms with van der Waals surface area (Å²) in [6.07, 6.45) is 0. The Hall–Kier alpha value is -2.57. The molecule has 0 aromatic heterocycles. The molecule has 0 aliphatic heterocycles. The van der Waals surface area contributed by atoms with Crippen LogP contribution in [0.3, 0.4) is 0 Å². The monoisotopic (exact) mass is 364 g/mol. The first-order valence-electron chi connectivity index (χ1n) is 8.68. The quantitative estimate of drug-likeness (QED) is 0.699. The maximum absolute atomic E-state index is 12.6. The molecule has 1 aromatic carbocycles. The summed E-state index contributed by atoms with van der Waals surface area (Å²) in [6.45, 7) is 7.69. The van der Waals surface area contributed by atoms with Crippen molar-refractivity contribution in [3.63, 3.8) is 0 Å². The first kappa shape index (κ1) is 21.5. The van der Waals surface area contributed by atoms with Crippen LogP contribution in [0, 0.1) is 11.8 Å². The van der Waals surface area contributed by atoms with Gasteiger partial charge in [0.1, 0.15) is 11.8 Å². The Balaban J connectivity index is 2.81. The Bertz CT molecular complexity index is 627. The van der Waals surface area contributed by atoms with Crippen LogP contribution in [-0.4, -0.2) is 54.0 Å². The van der Waals surface area contributed by atoms with Crippen LogP contribution in [0.5, 0.6) is 5.75 Å². The molecular weight excluding hydrogens is 336 g/mol. The van der Waals surface area contributed by atoms with Crippen molar-refractivity contribution in [1.82, 2.24) is 10.2 Å². The lowest BCUT2D eigenvalue weighted by Gasteiger charge is -2.28. The molecule has 26 heavy (non-hydrogen) atoms. The second-order valence-electron chi connectivity index (χ2n) is 6.61. The van der Waals surface area contributed by atoms with Crippen molar-refractivity contribution in [2.24, 2.45) is 11.8 Å². The molecule has 0 aliphatic carbocycles. The van der Waals surface area contributed by atoms with Crippen molar-refractivity contribution in [2.75, 3.05) is 20.2 Å². The minimum absolute atomic E-state index is 0.0797. The molecule has 7 nitrogen and oxygen atoms in total. The number of hydrogen-bond acceptors (Lipinski definition) is 4. The number of likely N-dealkylation sites (N-methyl/N-ethyl adjacent to an activating group) is 1. The largest absolute Gasteiger partial charge is 0.494 e. The van der Waals surface area contributed by atoms with Crippen molar-refractivity contribution in [1.29, 1.82) is 0 Å². The van der Waals surface area contributed by atoms with Gasteiger partial charge in [-0.1, -0.05) is 20.8 Å². The van der Waals surface area contributed by atoms with E-state index >= 15 is 0 Å². The van der Waals surface area contributed by atoms with Crippen molar-refractivity contribution in [3.8, 4) is 5.75 Å². The lowest BCUT2D eigenvalue weighted by molar-refractivity contribution is -0.143. The molecular formula is C19H28N2O5. The molecule has 1 rings (SSSR count). The lowest BCUT2D eigenvalue weighted by atomic mass is 10.0. The van der Waals surface area contributed by atoms with Crippen LogP contribution in [0.4, 0.5) is 0 Å². The first-order chi connectivity index (χ1) is 12.2. The fourth-order valence-corrected chi connectivity index (χ4v) is 2.42. The van der Waals surface area contributed by atoms with E-state index in [0.717, 1.165) is 0 Å². The third-order valence-electron chi connectivity index (χ3n) is 3.99. The third-order valence-corrected chi connectivity index (χ3v) is 3.99. The molecule has 0 aliphatic rings. The molecule has 0 fully saturated rings. The Kier molecular flexibility index (Phi) is 8.09. The SMILES string of the molecule is CCOc1ccc(C(=O)NC(C(=O)N(C)CC(C)C(=O)O)C(C)C)cc1. The highest BCUT2D eigenvalue weighted by Gasteiger charge is 2.28. The minimum atomic E-state index is -0.968. The van der Waals surface area contributed by atoms with Gasteiger partial charge in [0.25, 0.3) is 5.91 Å². The topological polar surface area (TPSA) is 95.9 Å². The molecule has 0 saturated heterocycles. The van der Waals surface area contributed by atoms with Crippen LogP contribution < -0.4 is 10.1 Å². The molecule has 1 aromatic rings. The van der Waals surface area contributed by atoms with E-state index in [1.54, 1.807) is 31.3 Å². The highest BCUT2D eigenvalue weighted by atomic mass is 16.5. The van der Waals surface area contributed by atoms with Gasteiger partial charge in [0, 0.05) is 19.2 Å². The Morgan fingerprint density at radius 2 is 1.73 bits per heavy atom. The average Bonchev–Trinajstić information content (AvgIpc) is 2.59. The number of hydrogen-bond donors (Lipinski definition) is 2. The number of carboxylic acid groups (broad SMARTS) is 1. The molecule has 0 spiro atoms. The molecule has 0 heterocycles. The smallest absolute Gasteiger partial charge is 0.308 e. The van der Waals surface area contributed by atoms with Crippen molar-refractivity contribution >= 4 is 17.8 Å². The molecule has 2 atom stereocenters. The molecule has 0 bridgehead atoms. The van der Waals surface area contributed by atoms with Crippen molar-refractivity contribution in [3.05, 3.63) is 29.8 Å². The zero-order chi connectivity index (χ0) is 19.9. The summed E-state index contributed by atoms with van der Waals surface area (Å²) in [7, 11) is 1.54. The zero-order valence-corrected chi connectivity index (χ0v) is 16.0. The number of carbonyl (C=O) groups excluding carboxylic acids is 2. The molecule has 7 heteroatoms. The van der Waals surface area contributed by atoms with Gasteiger partial charge >= 0.3 is 5.97 Å². The number of rotatable bonds is 9. The average molecular weight is 364 g/mol. The van der Waals surface area contributed by atoms with Crippen LogP contribution in [0.25, 0.3) is 0 Å². The standard InChI is InChI=1S/C19H28N2O5/c1-6-26-15-9-7-14(8-10-15)17(22)20-16(12(2)3)18(23)21(5)11-13(4)19(24)25/h7-10,12-13,16H,6,11H2,1-5H3,(H,20,22)(H,24,25). The van der Waals surface area contributed by atoms with E-state index < -0.39 is 17.9 Å². The predicted octanol–water partition coefficient (Wildman–Crippen LogP) is 2.02. The van der Waals surface area contributed by atoms with Gasteiger partial charge in [-0.2, -0.15) is 0 Å². The van der Waals surface area contributed by atoms with Crippen LogP contribution in [0.15, 0.2) is 24.3 Å². The van der Waals surface area contributed by atoms with Crippen molar-refractivity contribution < 1.29 is 24.2 Å². The molecule has 2 amide bonds. The van der Waals surface area contributed by atoms with Gasteiger partial charge in [-0.3, -0.25) is 14.4 Å². The fraction of sp³-hybridized carbons (Fsp3) is 0.526. The summed E-state index contributed by atoms with van der Waals surface area (Å²) < 4.78 is 5.35. The molecule has 2 N–H and O–H groups in total. The Labute approximate surface area is 154 Å². The summed E-state index contributed by atoms with van der Waals surface area (Å²) in [5.41, 5.74) is 0.425. The highest BCUT2D eigenvalue weighted by Crippen LogP contribution is 2.13. The normalized spacial score (nSPS) is 13.0. The van der Waals surface area contributed by atoms with Gasteiger partial charge in [0.15, 0.2) is 0 Å². The van der Waals surface area contributed by atoms with Gasteiger partial charge in [-0.15, -0.1) is 0 Å². The van der Waals surface area contributed by atoms with Crippen LogP contribution in [-0.2, 0) is 9.59 Å². The summed E-state index contributed by atoms with van der Waals surface area (Å²) in [5.74, 6) is -1.80. The van der Waals surface area contributed by atoms with E-state index in [0.29, 0.717) is 17.9 Å². The molecule has 0 radical (unpaired) electrons. The van der Waals surface area contributed by atoms with E-state index in [2.05, 4.69) is 5.32 Å². The van der Waals surface area contributed by atoms with Crippen LogP contribution in [0.2, 0.25) is 0 Å². The number of amides is 2. The summed E-state index contributed by atoms with van der Waals surface area (Å²) in [6, 6.07) is 5.94. The first-order valence-corrected chi connectivity index (χ1v) is 8.68. The lowest BCUT2D eigenvalue weighted by Crippen LogP contribution is -2.51. The maximum Gasteiger partial charge on any atom is 0.308 e. The number of nitrogens with one attached hydrogen (secondary N) is 1. The van der Waals surface area contributed by atoms with Crippen LogP contribution in [0.1, 0.15) is 38.1 Å². The number of nitrogens with zero attached hydrogens (tertiary/aromatic N) is 1. The predicted molar refractivity (Wildman–Crippen MR) is 98.1 cm³/mol. The van der Waals surface area contributed by atoms with Gasteiger partial charge in [-0.05, 0) is 37.1 Å². The van der Waals surface area contributed by atoms with E-state index in [9.17, 15) is 14.4 Å². The van der Waals surface area contributed by atoms with Gasteiger partial charge in [0.2, 0.25) is 5.91 Å². The minimum Gasteiger partial charge on any atom is -0.494 e. The summed E-state index contributed by atoms with van der Waals surface area (Å²) in [4.78, 5) is 37.4. The van der Waals surface area contributed by atoms with Crippen molar-refractivity contribution in [2.45, 2.75) is 33.7 Å². The second-order valence-corrected chi connectivity index (χ2v) is 6.61. The van der Waals surface area contributed by atoms with Gasteiger partial charge < -0.3 is 20.1 Å². The molecule has 144 valence electrons. The number of carbonyl (C=O) groups is 3. The Morgan fingerprint density at radius 1 is 1.15 bits per heavy atom. The number of ether oxygens (including phenoxy) is 1. The number of carboxylic acids is 1. The van der Waals surface area contributed by atoms with E-state index in [1.807, 2.05) is 20.8 Å². The second kappa shape index (κ2) is 9.79. The van der Waals surface area contributed by atoms with E-state index in [4.69, 9.17) is 9.84 Å². The van der Waals surface area contributed by atoms with E-state index in [-0.39, 0.29) is 24.3 Å². The zero-order valence-electron chi connectivity index (χ0n) is 16.0. The van der Waals surface area contributed by atoms with Gasteiger partial charge in [-0.25, -0.2) is 0 Å². The van der Waals surface area contributed by atoms with Gasteiger partial charge in [0.05, 0.1) is 12.5 Å². The fourth-order valence-electron chi connectivity index (χ4n) is 2.42. The molecule has 0 saturated carbocycles. The third kappa shape index (κ3) is 6.06. The Morgan fingerprint density at radius 3 is 2.19 bits per heavy atom. The number of benzene rings is 1.